The number of rotatable bonds is 5. The van der Waals surface area contributed by atoms with Crippen molar-refractivity contribution >= 4 is 32.8 Å². The van der Waals surface area contributed by atoms with Crippen molar-refractivity contribution in [3.05, 3.63) is 33.8 Å². The molecule has 0 radical (unpaired) electrons. The Balaban J connectivity index is 2.82. The molecule has 0 saturated heterocycles. The van der Waals surface area contributed by atoms with E-state index in [2.05, 4.69) is 20.7 Å². The Morgan fingerprint density at radius 1 is 1.41 bits per heavy atom. The van der Waals surface area contributed by atoms with Crippen molar-refractivity contribution in [2.45, 2.75) is 19.4 Å². The Morgan fingerprint density at radius 2 is 2.06 bits per heavy atom. The number of hydrogen-bond acceptors (Lipinski definition) is 2. The average Bonchev–Trinajstić information content (AvgIpc) is 2.25. The lowest BCUT2D eigenvalue weighted by Gasteiger charge is -2.11. The fourth-order valence-corrected chi connectivity index (χ4v) is 1.71. The van der Waals surface area contributed by atoms with Crippen LogP contribution >= 0.6 is 27.5 Å². The summed E-state index contributed by atoms with van der Waals surface area (Å²) in [4.78, 5) is 11.0. The highest BCUT2D eigenvalue weighted by Gasteiger charge is 2.20. The van der Waals surface area contributed by atoms with Crippen LogP contribution in [0.15, 0.2) is 22.7 Å². The first-order chi connectivity index (χ1) is 7.91. The quantitative estimate of drug-likeness (QED) is 0.765. The van der Waals surface area contributed by atoms with Gasteiger partial charge >= 0.3 is 0 Å². The van der Waals surface area contributed by atoms with Gasteiger partial charge in [0.25, 0.3) is 18.0 Å². The Morgan fingerprint density at radius 3 is 2.59 bits per heavy atom. The number of alkyl halides is 3. The molecule has 7 heteroatoms. The second-order valence-corrected chi connectivity index (χ2v) is 4.33. The molecule has 0 heterocycles. The summed E-state index contributed by atoms with van der Waals surface area (Å²) in [5, 5.41) is -0.761. The van der Waals surface area contributed by atoms with Crippen LogP contribution in [0.25, 0.3) is 0 Å². The fraction of sp³-hybridized carbons (Fsp3) is 0.300. The van der Waals surface area contributed by atoms with Gasteiger partial charge in [-0.25, -0.2) is 13.2 Å². The molecule has 1 aromatic rings. The zero-order chi connectivity index (χ0) is 13.0. The third kappa shape index (κ3) is 4.29. The zero-order valence-electron chi connectivity index (χ0n) is 8.30. The lowest BCUT2D eigenvalue weighted by atomic mass is 10.1. The van der Waals surface area contributed by atoms with E-state index in [9.17, 15) is 18.0 Å². The Labute approximate surface area is 109 Å². The van der Waals surface area contributed by atoms with E-state index in [1.54, 1.807) is 6.07 Å². The number of ether oxygens (including phenoxy) is 1. The first-order valence-electron chi connectivity index (χ1n) is 4.44. The lowest BCUT2D eigenvalue weighted by Crippen LogP contribution is -2.16. The first kappa shape index (κ1) is 14.5. The van der Waals surface area contributed by atoms with Gasteiger partial charge in [-0.3, -0.25) is 4.79 Å². The molecule has 0 fully saturated rings. The van der Waals surface area contributed by atoms with Crippen molar-refractivity contribution < 1.29 is 22.7 Å². The number of carbonyl (C=O) groups is 1. The highest BCUT2D eigenvalue weighted by atomic mass is 79.9. The lowest BCUT2D eigenvalue weighted by molar-refractivity contribution is -0.135. The van der Waals surface area contributed by atoms with Crippen LogP contribution in [-0.4, -0.2) is 18.0 Å². The van der Waals surface area contributed by atoms with Gasteiger partial charge in [-0.15, -0.1) is 0 Å². The van der Waals surface area contributed by atoms with E-state index >= 15 is 0 Å². The predicted octanol–water partition coefficient (Wildman–Crippen LogP) is 3.91. The van der Waals surface area contributed by atoms with Gasteiger partial charge in [0.15, 0.2) is 0 Å². The molecule has 0 aliphatic heterocycles. The van der Waals surface area contributed by atoms with E-state index in [1.165, 1.54) is 12.1 Å². The van der Waals surface area contributed by atoms with Crippen LogP contribution in [0.5, 0.6) is 0 Å². The topological polar surface area (TPSA) is 26.3 Å². The molecule has 0 amide bonds. The SMILES string of the molecule is O=C(Cl)c1ccc(Br)cc1COC(F)C(F)F. The van der Waals surface area contributed by atoms with E-state index < -0.39 is 24.6 Å². The summed E-state index contributed by atoms with van der Waals surface area (Å²) in [5.74, 6) is 0. The molecule has 0 saturated carbocycles. The molecule has 0 N–H and O–H groups in total. The second-order valence-electron chi connectivity index (χ2n) is 3.07. The molecule has 17 heavy (non-hydrogen) atoms. The van der Waals surface area contributed by atoms with Gasteiger partial charge in [-0.2, -0.15) is 0 Å². The maximum Gasteiger partial charge on any atom is 0.293 e. The van der Waals surface area contributed by atoms with E-state index in [0.717, 1.165) is 0 Å². The highest BCUT2D eigenvalue weighted by molar-refractivity contribution is 9.10. The van der Waals surface area contributed by atoms with Crippen LogP contribution in [0.3, 0.4) is 0 Å². The molecule has 0 aliphatic rings. The minimum Gasteiger partial charge on any atom is -0.339 e. The van der Waals surface area contributed by atoms with Crippen molar-refractivity contribution in [3.8, 4) is 0 Å². The van der Waals surface area contributed by atoms with E-state index in [-0.39, 0.29) is 11.1 Å². The second kappa shape index (κ2) is 6.37. The summed E-state index contributed by atoms with van der Waals surface area (Å²) in [6, 6.07) is 4.40. The Bertz CT molecular complexity index is 415. The summed E-state index contributed by atoms with van der Waals surface area (Å²) in [5.41, 5.74) is 0.332. The Hall–Kier alpha value is -0.590. The smallest absolute Gasteiger partial charge is 0.293 e. The van der Waals surface area contributed by atoms with Gasteiger partial charge in [0.05, 0.1) is 6.61 Å². The normalized spacial score (nSPS) is 12.8. The van der Waals surface area contributed by atoms with Crippen molar-refractivity contribution in [3.63, 3.8) is 0 Å². The van der Waals surface area contributed by atoms with Crippen LogP contribution in [-0.2, 0) is 11.3 Å². The maximum atomic E-state index is 12.5. The van der Waals surface area contributed by atoms with Gasteiger partial charge < -0.3 is 4.74 Å². The number of carbonyl (C=O) groups excluding carboxylic acids is 1. The number of benzene rings is 1. The third-order valence-electron chi connectivity index (χ3n) is 1.88. The largest absolute Gasteiger partial charge is 0.339 e. The van der Waals surface area contributed by atoms with Crippen molar-refractivity contribution in [2.24, 2.45) is 0 Å². The summed E-state index contributed by atoms with van der Waals surface area (Å²) in [7, 11) is 0. The van der Waals surface area contributed by atoms with Crippen LogP contribution in [0.4, 0.5) is 13.2 Å². The molecule has 1 aromatic carbocycles. The van der Waals surface area contributed by atoms with Crippen LogP contribution < -0.4 is 0 Å². The van der Waals surface area contributed by atoms with Gasteiger partial charge in [0.2, 0.25) is 0 Å². The first-order valence-corrected chi connectivity index (χ1v) is 5.61. The van der Waals surface area contributed by atoms with E-state index in [4.69, 9.17) is 11.6 Å². The van der Waals surface area contributed by atoms with Crippen molar-refractivity contribution in [1.82, 2.24) is 0 Å². The zero-order valence-corrected chi connectivity index (χ0v) is 10.6. The number of halogens is 5. The fourth-order valence-electron chi connectivity index (χ4n) is 1.12. The molecular weight excluding hydrogens is 324 g/mol. The van der Waals surface area contributed by atoms with Gasteiger partial charge in [-0.05, 0) is 35.4 Å². The monoisotopic (exact) mass is 330 g/mol. The standard InChI is InChI=1S/C10H7BrClF3O2/c11-6-1-2-7(8(12)16)5(3-6)4-17-10(15)9(13)14/h1-3,9-10H,4H2. The molecule has 0 spiro atoms. The minimum absolute atomic E-state index is 0.0938. The molecule has 1 unspecified atom stereocenters. The van der Waals surface area contributed by atoms with Crippen LogP contribution in [0.2, 0.25) is 0 Å². The summed E-state index contributed by atoms with van der Waals surface area (Å²) in [6.07, 6.45) is -5.91. The molecule has 0 bridgehead atoms. The molecule has 0 aliphatic carbocycles. The third-order valence-corrected chi connectivity index (χ3v) is 2.57. The molecule has 0 aromatic heterocycles. The molecule has 1 rings (SSSR count). The minimum atomic E-state index is -3.22. The molecule has 1 atom stereocenters. The molecule has 2 nitrogen and oxygen atoms in total. The van der Waals surface area contributed by atoms with Gasteiger partial charge in [-0.1, -0.05) is 15.9 Å². The van der Waals surface area contributed by atoms with Crippen LogP contribution in [0, 0.1) is 0 Å². The van der Waals surface area contributed by atoms with Crippen LogP contribution in [0.1, 0.15) is 15.9 Å². The molecule has 94 valence electrons. The highest BCUT2D eigenvalue weighted by Crippen LogP contribution is 2.20. The van der Waals surface area contributed by atoms with Crippen molar-refractivity contribution in [2.75, 3.05) is 0 Å². The van der Waals surface area contributed by atoms with Crippen molar-refractivity contribution in [1.29, 1.82) is 0 Å². The van der Waals surface area contributed by atoms with E-state index in [0.29, 0.717) is 4.47 Å². The average molecular weight is 332 g/mol. The van der Waals surface area contributed by atoms with E-state index in [1.807, 2.05) is 0 Å². The summed E-state index contributed by atoms with van der Waals surface area (Å²) >= 11 is 8.42. The predicted molar refractivity (Wildman–Crippen MR) is 60.0 cm³/mol. The summed E-state index contributed by atoms with van der Waals surface area (Å²) in [6.45, 7) is -0.460. The van der Waals surface area contributed by atoms with Gasteiger partial charge in [0, 0.05) is 10.0 Å². The summed E-state index contributed by atoms with van der Waals surface area (Å²) < 4.78 is 41.2. The molecular formula is C10H7BrClF3O2. The van der Waals surface area contributed by atoms with Gasteiger partial charge in [0.1, 0.15) is 0 Å². The Kier molecular flexibility index (Phi) is 5.42. The maximum absolute atomic E-state index is 12.5. The number of hydrogen-bond donors (Lipinski definition) is 0.